The third kappa shape index (κ3) is 2.02. The highest BCUT2D eigenvalue weighted by atomic mass is 16.3. The molecule has 1 heterocycles. The second-order valence-electron chi connectivity index (χ2n) is 5.05. The van der Waals surface area contributed by atoms with Gasteiger partial charge in [0.2, 0.25) is 0 Å². The molecule has 2 saturated carbocycles. The van der Waals surface area contributed by atoms with Crippen LogP contribution in [0.2, 0.25) is 0 Å². The molecule has 0 aliphatic heterocycles. The van der Waals surface area contributed by atoms with Gasteiger partial charge in [-0.05, 0) is 44.2 Å². The first-order valence-corrected chi connectivity index (χ1v) is 6.31. The van der Waals surface area contributed by atoms with E-state index < -0.39 is 0 Å². The lowest BCUT2D eigenvalue weighted by molar-refractivity contribution is 0.0564. The molecular formula is C13H19NO2. The van der Waals surface area contributed by atoms with Crippen LogP contribution in [0.5, 0.6) is 0 Å². The summed E-state index contributed by atoms with van der Waals surface area (Å²) in [4.78, 5) is 2.45. The van der Waals surface area contributed by atoms with E-state index in [9.17, 15) is 5.11 Å². The first-order valence-electron chi connectivity index (χ1n) is 6.31. The molecule has 16 heavy (non-hydrogen) atoms. The molecule has 88 valence electrons. The molecule has 0 radical (unpaired) electrons. The number of hydrogen-bond acceptors (Lipinski definition) is 3. The lowest BCUT2D eigenvalue weighted by Crippen LogP contribution is -2.41. The van der Waals surface area contributed by atoms with Crippen molar-refractivity contribution >= 4 is 0 Å². The summed E-state index contributed by atoms with van der Waals surface area (Å²) >= 11 is 0. The van der Waals surface area contributed by atoms with E-state index in [1.54, 1.807) is 6.26 Å². The normalized spacial score (nSPS) is 30.1. The lowest BCUT2D eigenvalue weighted by Gasteiger charge is -2.30. The highest BCUT2D eigenvalue weighted by molar-refractivity contribution is 5.02. The quantitative estimate of drug-likeness (QED) is 0.846. The lowest BCUT2D eigenvalue weighted by atomic mass is 10.1. The molecule has 3 heteroatoms. The van der Waals surface area contributed by atoms with Gasteiger partial charge in [-0.1, -0.05) is 0 Å². The Hall–Kier alpha value is -0.800. The van der Waals surface area contributed by atoms with Crippen molar-refractivity contribution in [2.24, 2.45) is 0 Å². The summed E-state index contributed by atoms with van der Waals surface area (Å²) in [7, 11) is 0. The molecule has 1 aromatic rings. The third-order valence-corrected chi connectivity index (χ3v) is 3.80. The third-order valence-electron chi connectivity index (χ3n) is 3.80. The number of hydrogen-bond donors (Lipinski definition) is 1. The molecule has 3 rings (SSSR count). The van der Waals surface area contributed by atoms with Crippen LogP contribution in [0.15, 0.2) is 22.8 Å². The summed E-state index contributed by atoms with van der Waals surface area (Å²) in [6.07, 6.45) is 7.42. The van der Waals surface area contributed by atoms with Crippen molar-refractivity contribution in [3.05, 3.63) is 24.2 Å². The van der Waals surface area contributed by atoms with Crippen molar-refractivity contribution in [1.82, 2.24) is 4.90 Å². The minimum atomic E-state index is -0.129. The summed E-state index contributed by atoms with van der Waals surface area (Å²) < 4.78 is 5.41. The summed E-state index contributed by atoms with van der Waals surface area (Å²) in [6, 6.07) is 5.00. The fraction of sp³-hybridized carbons (Fsp3) is 0.692. The molecule has 0 amide bonds. The Morgan fingerprint density at radius 1 is 1.31 bits per heavy atom. The van der Waals surface area contributed by atoms with Gasteiger partial charge in [0.05, 0.1) is 18.9 Å². The van der Waals surface area contributed by atoms with Gasteiger partial charge < -0.3 is 9.52 Å². The number of aliphatic hydroxyl groups excluding tert-OH is 1. The molecule has 0 bridgehead atoms. The molecule has 1 aromatic heterocycles. The van der Waals surface area contributed by atoms with Crippen molar-refractivity contribution in [3.63, 3.8) is 0 Å². The van der Waals surface area contributed by atoms with Gasteiger partial charge in [0, 0.05) is 12.1 Å². The van der Waals surface area contributed by atoms with Crippen LogP contribution in [0, 0.1) is 0 Å². The van der Waals surface area contributed by atoms with E-state index in [4.69, 9.17) is 4.42 Å². The molecule has 0 unspecified atom stereocenters. The van der Waals surface area contributed by atoms with Gasteiger partial charge in [0.25, 0.3) is 0 Å². The molecular weight excluding hydrogens is 202 g/mol. The van der Waals surface area contributed by atoms with Crippen LogP contribution in [-0.4, -0.2) is 28.2 Å². The molecule has 0 aromatic carbocycles. The average molecular weight is 221 g/mol. The zero-order valence-corrected chi connectivity index (χ0v) is 9.51. The minimum absolute atomic E-state index is 0.129. The van der Waals surface area contributed by atoms with E-state index in [-0.39, 0.29) is 6.10 Å². The molecule has 2 aliphatic carbocycles. The van der Waals surface area contributed by atoms with Crippen LogP contribution in [0.3, 0.4) is 0 Å². The van der Waals surface area contributed by atoms with Crippen molar-refractivity contribution in [1.29, 1.82) is 0 Å². The van der Waals surface area contributed by atoms with E-state index in [1.807, 2.05) is 12.1 Å². The zero-order chi connectivity index (χ0) is 11.0. The van der Waals surface area contributed by atoms with Crippen LogP contribution >= 0.6 is 0 Å². The Balaban J connectivity index is 1.71. The number of nitrogens with zero attached hydrogens (tertiary/aromatic N) is 1. The largest absolute Gasteiger partial charge is 0.468 e. The summed E-state index contributed by atoms with van der Waals surface area (Å²) in [5.41, 5.74) is 0. The first-order chi connectivity index (χ1) is 7.84. The van der Waals surface area contributed by atoms with Gasteiger partial charge in [-0.2, -0.15) is 0 Å². The topological polar surface area (TPSA) is 36.6 Å². The van der Waals surface area contributed by atoms with E-state index in [2.05, 4.69) is 4.90 Å². The minimum Gasteiger partial charge on any atom is -0.468 e. The maximum absolute atomic E-state index is 9.99. The smallest absolute Gasteiger partial charge is 0.117 e. The molecule has 1 N–H and O–H groups in total. The predicted molar refractivity (Wildman–Crippen MR) is 60.9 cm³/mol. The Morgan fingerprint density at radius 2 is 2.19 bits per heavy atom. The van der Waals surface area contributed by atoms with E-state index >= 15 is 0 Å². The predicted octanol–water partition coefficient (Wildman–Crippen LogP) is 2.16. The van der Waals surface area contributed by atoms with Gasteiger partial charge in [0.15, 0.2) is 0 Å². The highest BCUT2D eigenvalue weighted by Gasteiger charge is 2.39. The van der Waals surface area contributed by atoms with Gasteiger partial charge in [-0.15, -0.1) is 0 Å². The van der Waals surface area contributed by atoms with Crippen LogP contribution in [0.4, 0.5) is 0 Å². The SMILES string of the molecule is O[C@H]1CCC[C@@H]1N(Cc1ccco1)C1CC1. The molecule has 3 nitrogen and oxygen atoms in total. The molecule has 0 saturated heterocycles. The number of furan rings is 1. The van der Waals surface area contributed by atoms with Crippen LogP contribution in [0.25, 0.3) is 0 Å². The fourth-order valence-electron chi connectivity index (χ4n) is 2.81. The monoisotopic (exact) mass is 221 g/mol. The molecule has 2 fully saturated rings. The molecule has 2 aliphatic rings. The van der Waals surface area contributed by atoms with Crippen molar-refractivity contribution in [2.75, 3.05) is 0 Å². The Morgan fingerprint density at radius 3 is 2.75 bits per heavy atom. The zero-order valence-electron chi connectivity index (χ0n) is 9.51. The standard InChI is InChI=1S/C13H19NO2/c15-13-5-1-4-12(13)14(10-6-7-10)9-11-3-2-8-16-11/h2-3,8,10,12-13,15H,1,4-7,9H2/t12-,13-/m0/s1. The molecule has 2 atom stereocenters. The van der Waals surface area contributed by atoms with Crippen molar-refractivity contribution in [3.8, 4) is 0 Å². The Bertz CT molecular complexity index is 332. The summed E-state index contributed by atoms with van der Waals surface area (Å²) in [5.74, 6) is 1.02. The summed E-state index contributed by atoms with van der Waals surface area (Å²) in [6.45, 7) is 0.861. The van der Waals surface area contributed by atoms with E-state index in [0.29, 0.717) is 12.1 Å². The van der Waals surface area contributed by atoms with Crippen molar-refractivity contribution < 1.29 is 9.52 Å². The van der Waals surface area contributed by atoms with Gasteiger partial charge in [0.1, 0.15) is 5.76 Å². The second-order valence-corrected chi connectivity index (χ2v) is 5.05. The number of rotatable bonds is 4. The fourth-order valence-corrected chi connectivity index (χ4v) is 2.81. The van der Waals surface area contributed by atoms with Crippen LogP contribution < -0.4 is 0 Å². The highest BCUT2D eigenvalue weighted by Crippen LogP contribution is 2.35. The van der Waals surface area contributed by atoms with E-state index in [0.717, 1.165) is 31.6 Å². The maximum Gasteiger partial charge on any atom is 0.117 e. The maximum atomic E-state index is 9.99. The van der Waals surface area contributed by atoms with Gasteiger partial charge in [-0.25, -0.2) is 0 Å². The van der Waals surface area contributed by atoms with E-state index in [1.165, 1.54) is 12.8 Å². The van der Waals surface area contributed by atoms with Crippen LogP contribution in [0.1, 0.15) is 37.9 Å². The summed E-state index contributed by atoms with van der Waals surface area (Å²) in [5, 5.41) is 9.99. The van der Waals surface area contributed by atoms with Crippen molar-refractivity contribution in [2.45, 2.75) is 56.8 Å². The van der Waals surface area contributed by atoms with Gasteiger partial charge in [-0.3, -0.25) is 4.90 Å². The molecule has 0 spiro atoms. The Kier molecular flexibility index (Phi) is 2.74. The second kappa shape index (κ2) is 4.22. The Labute approximate surface area is 96.1 Å². The van der Waals surface area contributed by atoms with Crippen LogP contribution in [-0.2, 0) is 6.54 Å². The number of aliphatic hydroxyl groups is 1. The average Bonchev–Trinajstić information content (AvgIpc) is 2.82. The van der Waals surface area contributed by atoms with Gasteiger partial charge >= 0.3 is 0 Å². The first kappa shape index (κ1) is 10.4.